The van der Waals surface area contributed by atoms with Gasteiger partial charge in [0.15, 0.2) is 11.6 Å². The highest BCUT2D eigenvalue weighted by molar-refractivity contribution is 5.30. The van der Waals surface area contributed by atoms with Gasteiger partial charge in [-0.25, -0.2) is 4.39 Å². The van der Waals surface area contributed by atoms with Crippen LogP contribution in [0.5, 0.6) is 5.75 Å². The average Bonchev–Trinajstić information content (AvgIpc) is 2.54. The van der Waals surface area contributed by atoms with Crippen LogP contribution >= 0.6 is 0 Å². The monoisotopic (exact) mass is 311 g/mol. The van der Waals surface area contributed by atoms with Gasteiger partial charge in [-0.1, -0.05) is 12.5 Å². The summed E-state index contributed by atoms with van der Waals surface area (Å²) < 4.78 is 18.6. The van der Waals surface area contributed by atoms with Crippen molar-refractivity contribution in [3.8, 4) is 5.75 Å². The molecule has 0 radical (unpaired) electrons. The first-order valence-electron chi connectivity index (χ1n) is 8.02. The number of aliphatic hydroxyl groups is 2. The van der Waals surface area contributed by atoms with Crippen LogP contribution in [0.25, 0.3) is 0 Å². The molecule has 1 saturated heterocycles. The first kappa shape index (κ1) is 17.2. The highest BCUT2D eigenvalue weighted by Gasteiger charge is 2.22. The van der Waals surface area contributed by atoms with E-state index in [0.29, 0.717) is 18.0 Å². The molecule has 1 aromatic carbocycles. The number of halogens is 1. The number of hydrogen-bond donors (Lipinski definition) is 2. The molecule has 1 heterocycles. The molecule has 124 valence electrons. The van der Waals surface area contributed by atoms with Crippen LogP contribution in [0.15, 0.2) is 18.2 Å². The summed E-state index contributed by atoms with van der Waals surface area (Å²) in [4.78, 5) is 2.34. The average molecular weight is 311 g/mol. The standard InChI is InChI=1S/C17H26FNO3/c1-22-17-6-5-13(12-15(17)18)16(21)7-10-19-9-3-2-4-14(19)8-11-20/h5-6,12,14,16,20-21H,2-4,7-11H2,1H3. The third kappa shape index (κ3) is 4.41. The zero-order valence-electron chi connectivity index (χ0n) is 13.2. The maximum atomic E-state index is 13.7. The molecular formula is C17H26FNO3. The van der Waals surface area contributed by atoms with Crippen LogP contribution in [-0.2, 0) is 0 Å². The van der Waals surface area contributed by atoms with Crippen molar-refractivity contribution in [2.75, 3.05) is 26.8 Å². The van der Waals surface area contributed by atoms with Gasteiger partial charge in [0, 0.05) is 19.2 Å². The second-order valence-corrected chi connectivity index (χ2v) is 5.90. The van der Waals surface area contributed by atoms with E-state index < -0.39 is 11.9 Å². The maximum absolute atomic E-state index is 13.7. The van der Waals surface area contributed by atoms with Gasteiger partial charge in [0.25, 0.3) is 0 Å². The van der Waals surface area contributed by atoms with E-state index in [4.69, 9.17) is 9.84 Å². The largest absolute Gasteiger partial charge is 0.494 e. The molecule has 0 aliphatic carbocycles. The first-order chi connectivity index (χ1) is 10.7. The van der Waals surface area contributed by atoms with Gasteiger partial charge in [0.2, 0.25) is 0 Å². The zero-order valence-corrected chi connectivity index (χ0v) is 13.2. The maximum Gasteiger partial charge on any atom is 0.165 e. The Bertz CT molecular complexity index is 467. The van der Waals surface area contributed by atoms with Crippen LogP contribution in [0, 0.1) is 5.82 Å². The molecule has 2 unspecified atom stereocenters. The predicted molar refractivity (Wildman–Crippen MR) is 83.4 cm³/mol. The third-order valence-corrected chi connectivity index (χ3v) is 4.46. The van der Waals surface area contributed by atoms with Crippen molar-refractivity contribution in [2.24, 2.45) is 0 Å². The molecule has 2 atom stereocenters. The second kappa shape index (κ2) is 8.46. The minimum atomic E-state index is -0.683. The highest BCUT2D eigenvalue weighted by Crippen LogP contribution is 2.25. The number of piperidine rings is 1. The van der Waals surface area contributed by atoms with Gasteiger partial charge in [-0.2, -0.15) is 0 Å². The molecule has 1 fully saturated rings. The van der Waals surface area contributed by atoms with Gasteiger partial charge in [-0.15, -0.1) is 0 Å². The summed E-state index contributed by atoms with van der Waals surface area (Å²) in [6, 6.07) is 4.99. The number of aliphatic hydroxyl groups excluding tert-OH is 2. The van der Waals surface area contributed by atoms with E-state index in [1.54, 1.807) is 12.1 Å². The quantitative estimate of drug-likeness (QED) is 0.812. The first-order valence-corrected chi connectivity index (χ1v) is 8.02. The van der Waals surface area contributed by atoms with E-state index in [1.165, 1.54) is 19.6 Å². The van der Waals surface area contributed by atoms with Crippen LogP contribution in [0.4, 0.5) is 4.39 Å². The second-order valence-electron chi connectivity index (χ2n) is 5.90. The number of rotatable bonds is 7. The fourth-order valence-electron chi connectivity index (χ4n) is 3.17. The number of nitrogens with zero attached hydrogens (tertiary/aromatic N) is 1. The van der Waals surface area contributed by atoms with Crippen molar-refractivity contribution in [1.82, 2.24) is 4.90 Å². The van der Waals surface area contributed by atoms with E-state index in [2.05, 4.69) is 4.90 Å². The van der Waals surface area contributed by atoms with Crippen molar-refractivity contribution in [1.29, 1.82) is 0 Å². The molecule has 0 spiro atoms. The molecule has 4 nitrogen and oxygen atoms in total. The molecule has 1 aliphatic heterocycles. The number of benzene rings is 1. The van der Waals surface area contributed by atoms with Gasteiger partial charge in [-0.05, 0) is 49.9 Å². The molecule has 0 bridgehead atoms. The Labute approximate surface area is 131 Å². The Kier molecular flexibility index (Phi) is 6.61. The van der Waals surface area contributed by atoms with Gasteiger partial charge in [0.05, 0.1) is 13.2 Å². The van der Waals surface area contributed by atoms with Crippen molar-refractivity contribution in [3.63, 3.8) is 0 Å². The highest BCUT2D eigenvalue weighted by atomic mass is 19.1. The van der Waals surface area contributed by atoms with Crippen LogP contribution in [0.1, 0.15) is 43.8 Å². The predicted octanol–water partition coefficient (Wildman–Crippen LogP) is 2.49. The Balaban J connectivity index is 1.91. The van der Waals surface area contributed by atoms with Gasteiger partial charge >= 0.3 is 0 Å². The van der Waals surface area contributed by atoms with Crippen molar-refractivity contribution >= 4 is 0 Å². The topological polar surface area (TPSA) is 52.9 Å². The molecule has 2 N–H and O–H groups in total. The lowest BCUT2D eigenvalue weighted by Crippen LogP contribution is -2.41. The fraction of sp³-hybridized carbons (Fsp3) is 0.647. The Hall–Kier alpha value is -1.17. The Morgan fingerprint density at radius 1 is 1.41 bits per heavy atom. The van der Waals surface area contributed by atoms with Crippen LogP contribution in [0.2, 0.25) is 0 Å². The van der Waals surface area contributed by atoms with E-state index in [9.17, 15) is 9.50 Å². The van der Waals surface area contributed by atoms with Gasteiger partial charge < -0.3 is 19.8 Å². The van der Waals surface area contributed by atoms with Crippen LogP contribution < -0.4 is 4.74 Å². The lowest BCUT2D eigenvalue weighted by molar-refractivity contribution is 0.0890. The van der Waals surface area contributed by atoms with Crippen molar-refractivity contribution < 1.29 is 19.3 Å². The summed E-state index contributed by atoms with van der Waals surface area (Å²) in [6.45, 7) is 1.97. The summed E-state index contributed by atoms with van der Waals surface area (Å²) >= 11 is 0. The third-order valence-electron chi connectivity index (χ3n) is 4.46. The summed E-state index contributed by atoms with van der Waals surface area (Å²) in [5.74, 6) is -0.259. The van der Waals surface area contributed by atoms with Gasteiger partial charge in [-0.3, -0.25) is 0 Å². The number of likely N-dealkylation sites (tertiary alicyclic amines) is 1. The summed E-state index contributed by atoms with van der Waals surface area (Å²) in [5.41, 5.74) is 0.578. The zero-order chi connectivity index (χ0) is 15.9. The molecule has 5 heteroatoms. The molecule has 2 rings (SSSR count). The molecule has 0 amide bonds. The molecule has 1 aliphatic rings. The number of ether oxygens (including phenoxy) is 1. The smallest absolute Gasteiger partial charge is 0.165 e. The van der Waals surface area contributed by atoms with E-state index in [0.717, 1.165) is 32.4 Å². The van der Waals surface area contributed by atoms with Crippen LogP contribution in [-0.4, -0.2) is 48.0 Å². The molecule has 22 heavy (non-hydrogen) atoms. The molecule has 0 aromatic heterocycles. The van der Waals surface area contributed by atoms with E-state index >= 15 is 0 Å². The number of hydrogen-bond acceptors (Lipinski definition) is 4. The minimum Gasteiger partial charge on any atom is -0.494 e. The van der Waals surface area contributed by atoms with E-state index in [1.807, 2.05) is 0 Å². The summed E-state index contributed by atoms with van der Waals surface area (Å²) in [5, 5.41) is 19.4. The van der Waals surface area contributed by atoms with Crippen molar-refractivity contribution in [2.45, 2.75) is 44.2 Å². The minimum absolute atomic E-state index is 0.190. The molecular weight excluding hydrogens is 285 g/mol. The lowest BCUT2D eigenvalue weighted by atomic mass is 9.98. The summed E-state index contributed by atoms with van der Waals surface area (Å²) in [7, 11) is 1.42. The molecule has 1 aromatic rings. The SMILES string of the molecule is COc1ccc(C(O)CCN2CCCCC2CCO)cc1F. The van der Waals surface area contributed by atoms with Gasteiger partial charge in [0.1, 0.15) is 0 Å². The number of methoxy groups -OCH3 is 1. The summed E-state index contributed by atoms with van der Waals surface area (Å²) in [6.07, 6.45) is 4.13. The van der Waals surface area contributed by atoms with Crippen molar-refractivity contribution in [3.05, 3.63) is 29.6 Å². The Morgan fingerprint density at radius 2 is 2.23 bits per heavy atom. The Morgan fingerprint density at radius 3 is 2.91 bits per heavy atom. The molecule has 0 saturated carbocycles. The lowest BCUT2D eigenvalue weighted by Gasteiger charge is -2.36. The normalized spacial score (nSPS) is 20.8. The fourth-order valence-corrected chi connectivity index (χ4v) is 3.17. The van der Waals surface area contributed by atoms with E-state index in [-0.39, 0.29) is 12.4 Å². The van der Waals surface area contributed by atoms with Crippen LogP contribution in [0.3, 0.4) is 0 Å².